The summed E-state index contributed by atoms with van der Waals surface area (Å²) in [6.07, 6.45) is 2.03. The molecule has 202 valence electrons. The molecule has 4 atom stereocenters. The molecule has 0 aliphatic rings. The number of hydrogen-bond donors (Lipinski definition) is 6. The van der Waals surface area contributed by atoms with Crippen LogP contribution in [0.3, 0.4) is 0 Å². The van der Waals surface area contributed by atoms with Gasteiger partial charge in [0.05, 0.1) is 6.04 Å². The molecule has 2 aromatic carbocycles. The number of fused-ring (bicyclic) bond motifs is 1. The van der Waals surface area contributed by atoms with Gasteiger partial charge in [-0.2, -0.15) is 0 Å². The van der Waals surface area contributed by atoms with E-state index in [2.05, 4.69) is 20.9 Å². The summed E-state index contributed by atoms with van der Waals surface area (Å²) in [5.41, 5.74) is 8.46. The largest absolute Gasteiger partial charge is 0.480 e. The van der Waals surface area contributed by atoms with Crippen molar-refractivity contribution in [1.29, 1.82) is 0 Å². The van der Waals surface area contributed by atoms with Gasteiger partial charge < -0.3 is 31.8 Å². The number of nitrogens with two attached hydrogens (primary N) is 1. The molecule has 0 saturated carbocycles. The fourth-order valence-electron chi connectivity index (χ4n) is 4.01. The Hall–Kier alpha value is -4.18. The normalized spacial score (nSPS) is 14.3. The Kier molecular flexibility index (Phi) is 9.61. The Morgan fingerprint density at radius 2 is 1.39 bits per heavy atom. The summed E-state index contributed by atoms with van der Waals surface area (Å²) in [7, 11) is 0. The summed E-state index contributed by atoms with van der Waals surface area (Å²) in [5, 5.41) is 18.1. The van der Waals surface area contributed by atoms with Crippen LogP contribution in [0.1, 0.15) is 31.9 Å². The standard InChI is InChI=1S/C28H35N5O5/c1-16(2)24(29)27(36)33-22(13-18-9-5-4-6-10-18)26(35)32-23(25(34)31-17(3)28(37)38)14-19-15-30-21-12-8-7-11-20(19)21/h4-12,15-17,22-24,30H,13-14,29H2,1-3H3,(H,31,34)(H,32,35)(H,33,36)(H,37,38). The van der Waals surface area contributed by atoms with E-state index in [0.29, 0.717) is 0 Å². The number of benzene rings is 2. The molecule has 4 unspecified atom stereocenters. The topological polar surface area (TPSA) is 166 Å². The average molecular weight is 522 g/mol. The maximum atomic E-state index is 13.5. The smallest absolute Gasteiger partial charge is 0.325 e. The number of aromatic nitrogens is 1. The lowest BCUT2D eigenvalue weighted by Crippen LogP contribution is -2.58. The van der Waals surface area contributed by atoms with E-state index < -0.39 is 47.9 Å². The lowest BCUT2D eigenvalue weighted by Gasteiger charge is -2.25. The minimum Gasteiger partial charge on any atom is -0.480 e. The highest BCUT2D eigenvalue weighted by Crippen LogP contribution is 2.19. The highest BCUT2D eigenvalue weighted by atomic mass is 16.4. The van der Waals surface area contributed by atoms with Crippen LogP contribution in [0.2, 0.25) is 0 Å². The van der Waals surface area contributed by atoms with Gasteiger partial charge in [0.2, 0.25) is 17.7 Å². The number of nitrogens with one attached hydrogen (secondary N) is 4. The van der Waals surface area contributed by atoms with Crippen molar-refractivity contribution in [2.45, 2.75) is 57.8 Å². The van der Waals surface area contributed by atoms with Crippen LogP contribution >= 0.6 is 0 Å². The summed E-state index contributed by atoms with van der Waals surface area (Å²) in [5.74, 6) is -3.06. The Labute approximate surface area is 221 Å². The van der Waals surface area contributed by atoms with Gasteiger partial charge in [-0.3, -0.25) is 19.2 Å². The molecular weight excluding hydrogens is 486 g/mol. The molecule has 1 aromatic heterocycles. The molecule has 7 N–H and O–H groups in total. The third kappa shape index (κ3) is 7.42. The molecule has 0 aliphatic carbocycles. The molecule has 1 heterocycles. The maximum Gasteiger partial charge on any atom is 0.325 e. The molecule has 3 amide bonds. The second-order valence-electron chi connectivity index (χ2n) is 9.71. The molecule has 3 rings (SSSR count). The number of carboxylic acids is 1. The summed E-state index contributed by atoms with van der Waals surface area (Å²) in [4.78, 5) is 53.9. The van der Waals surface area contributed by atoms with Gasteiger partial charge >= 0.3 is 5.97 Å². The minimum absolute atomic E-state index is 0.103. The summed E-state index contributed by atoms with van der Waals surface area (Å²) in [6, 6.07) is 12.6. The zero-order valence-electron chi connectivity index (χ0n) is 21.7. The molecule has 3 aromatic rings. The lowest BCUT2D eigenvalue weighted by atomic mass is 10.0. The second kappa shape index (κ2) is 12.9. The van der Waals surface area contributed by atoms with E-state index in [1.807, 2.05) is 68.4 Å². The van der Waals surface area contributed by atoms with Crippen LogP contribution in [0.4, 0.5) is 0 Å². The zero-order chi connectivity index (χ0) is 27.8. The van der Waals surface area contributed by atoms with E-state index >= 15 is 0 Å². The molecule has 0 saturated heterocycles. The third-order valence-corrected chi connectivity index (χ3v) is 6.40. The van der Waals surface area contributed by atoms with Gasteiger partial charge in [0.1, 0.15) is 18.1 Å². The first kappa shape index (κ1) is 28.4. The molecule has 10 nitrogen and oxygen atoms in total. The maximum absolute atomic E-state index is 13.5. The number of carbonyl (C=O) groups excluding carboxylic acids is 3. The first-order valence-corrected chi connectivity index (χ1v) is 12.5. The van der Waals surface area contributed by atoms with Crippen LogP contribution in [0, 0.1) is 5.92 Å². The Morgan fingerprint density at radius 3 is 2.05 bits per heavy atom. The number of aliphatic carboxylic acids is 1. The number of amides is 3. The Bertz CT molecular complexity index is 1270. The van der Waals surface area contributed by atoms with E-state index in [-0.39, 0.29) is 18.8 Å². The molecular formula is C28H35N5O5. The average Bonchev–Trinajstić information content (AvgIpc) is 3.30. The summed E-state index contributed by atoms with van der Waals surface area (Å²) < 4.78 is 0. The number of carbonyl (C=O) groups is 4. The fraction of sp³-hybridized carbons (Fsp3) is 0.357. The number of hydrogen-bond acceptors (Lipinski definition) is 5. The molecule has 0 radical (unpaired) electrons. The van der Waals surface area contributed by atoms with Crippen LogP contribution < -0.4 is 21.7 Å². The fourth-order valence-corrected chi connectivity index (χ4v) is 4.01. The van der Waals surface area contributed by atoms with Gasteiger partial charge in [0, 0.05) is 29.9 Å². The first-order valence-electron chi connectivity index (χ1n) is 12.5. The Balaban J connectivity index is 1.87. The lowest BCUT2D eigenvalue weighted by molar-refractivity contribution is -0.141. The number of H-pyrrole nitrogens is 1. The van der Waals surface area contributed by atoms with Crippen LogP contribution in [-0.2, 0) is 32.0 Å². The summed E-state index contributed by atoms with van der Waals surface area (Å²) >= 11 is 0. The van der Waals surface area contributed by atoms with Crippen molar-refractivity contribution in [2.24, 2.45) is 11.7 Å². The highest BCUT2D eigenvalue weighted by Gasteiger charge is 2.30. The monoisotopic (exact) mass is 521 g/mol. The molecule has 38 heavy (non-hydrogen) atoms. The molecule has 10 heteroatoms. The number of carboxylic acid groups (broad SMARTS) is 1. The first-order chi connectivity index (χ1) is 18.1. The quantitative estimate of drug-likeness (QED) is 0.211. The van der Waals surface area contributed by atoms with Crippen molar-refractivity contribution in [2.75, 3.05) is 0 Å². The van der Waals surface area contributed by atoms with Crippen LogP contribution in [0.15, 0.2) is 60.8 Å². The van der Waals surface area contributed by atoms with E-state index in [1.165, 1.54) is 6.92 Å². The van der Waals surface area contributed by atoms with Gasteiger partial charge in [-0.15, -0.1) is 0 Å². The molecule has 0 aliphatic heterocycles. The number of para-hydroxylation sites is 1. The molecule has 0 spiro atoms. The van der Waals surface area contributed by atoms with Crippen LogP contribution in [0.5, 0.6) is 0 Å². The predicted molar refractivity (Wildman–Crippen MR) is 144 cm³/mol. The van der Waals surface area contributed by atoms with E-state index in [9.17, 15) is 24.3 Å². The van der Waals surface area contributed by atoms with E-state index in [0.717, 1.165) is 22.0 Å². The molecule has 0 bridgehead atoms. The van der Waals surface area contributed by atoms with Crippen molar-refractivity contribution in [3.8, 4) is 0 Å². The van der Waals surface area contributed by atoms with Crippen LogP contribution in [-0.4, -0.2) is 57.9 Å². The van der Waals surface area contributed by atoms with Crippen molar-refractivity contribution in [3.05, 3.63) is 71.9 Å². The third-order valence-electron chi connectivity index (χ3n) is 6.40. The number of rotatable bonds is 12. The van der Waals surface area contributed by atoms with Gasteiger partial charge in [0.15, 0.2) is 0 Å². The van der Waals surface area contributed by atoms with E-state index in [4.69, 9.17) is 5.73 Å². The van der Waals surface area contributed by atoms with Crippen molar-refractivity contribution in [3.63, 3.8) is 0 Å². The predicted octanol–water partition coefficient (Wildman–Crippen LogP) is 1.50. The van der Waals surface area contributed by atoms with Gasteiger partial charge in [-0.1, -0.05) is 62.4 Å². The SMILES string of the molecule is CC(NC(=O)C(Cc1c[nH]c2ccccc12)NC(=O)C(Cc1ccccc1)NC(=O)C(N)C(C)C)C(=O)O. The Morgan fingerprint density at radius 1 is 0.816 bits per heavy atom. The van der Waals surface area contributed by atoms with Gasteiger partial charge in [0.25, 0.3) is 0 Å². The highest BCUT2D eigenvalue weighted by molar-refractivity contribution is 5.95. The molecule has 0 fully saturated rings. The van der Waals surface area contributed by atoms with Gasteiger partial charge in [-0.05, 0) is 30.0 Å². The second-order valence-corrected chi connectivity index (χ2v) is 9.71. The number of aromatic amines is 1. The summed E-state index contributed by atoms with van der Waals surface area (Å²) in [6.45, 7) is 4.96. The van der Waals surface area contributed by atoms with Crippen LogP contribution in [0.25, 0.3) is 10.9 Å². The van der Waals surface area contributed by atoms with Crippen molar-refractivity contribution < 1.29 is 24.3 Å². The van der Waals surface area contributed by atoms with Crippen molar-refractivity contribution >= 4 is 34.6 Å². The van der Waals surface area contributed by atoms with Crippen molar-refractivity contribution in [1.82, 2.24) is 20.9 Å². The van der Waals surface area contributed by atoms with E-state index in [1.54, 1.807) is 6.20 Å². The zero-order valence-corrected chi connectivity index (χ0v) is 21.7. The minimum atomic E-state index is -1.20. The van der Waals surface area contributed by atoms with Gasteiger partial charge in [-0.25, -0.2) is 0 Å².